The van der Waals surface area contributed by atoms with Gasteiger partial charge in [-0.2, -0.15) is 0 Å². The maximum atomic E-state index is 5.86. The number of hydrogen-bond acceptors (Lipinski definition) is 4. The summed E-state index contributed by atoms with van der Waals surface area (Å²) in [6, 6.07) is 0.384. The van der Waals surface area contributed by atoms with Crippen molar-refractivity contribution in [3.05, 3.63) is 34.5 Å². The molecule has 0 bridgehead atoms. The van der Waals surface area contributed by atoms with Crippen LogP contribution in [0.4, 0.5) is 5.00 Å². The predicted octanol–water partition coefficient (Wildman–Crippen LogP) is 3.51. The van der Waals surface area contributed by atoms with E-state index in [4.69, 9.17) is 5.73 Å². The van der Waals surface area contributed by atoms with Crippen molar-refractivity contribution in [1.29, 1.82) is 0 Å². The number of hydrogen-bond donors (Lipinski definition) is 1. The van der Waals surface area contributed by atoms with Crippen LogP contribution >= 0.6 is 11.3 Å². The molecule has 0 saturated heterocycles. The zero-order valence-corrected chi connectivity index (χ0v) is 13.3. The van der Waals surface area contributed by atoms with Crippen LogP contribution in [0.3, 0.4) is 0 Å². The van der Waals surface area contributed by atoms with Crippen LogP contribution in [0.2, 0.25) is 0 Å². The highest BCUT2D eigenvalue weighted by Gasteiger charge is 2.32. The molecule has 0 radical (unpaired) electrons. The van der Waals surface area contributed by atoms with Crippen LogP contribution in [-0.2, 0) is 6.54 Å². The first-order chi connectivity index (χ1) is 8.93. The van der Waals surface area contributed by atoms with E-state index in [1.165, 1.54) is 26.7 Å². The second kappa shape index (κ2) is 5.02. The van der Waals surface area contributed by atoms with Gasteiger partial charge < -0.3 is 15.5 Å². The Labute approximate surface area is 120 Å². The molecule has 0 unspecified atom stereocenters. The molecule has 0 fully saturated rings. The Balaban J connectivity index is 2.69. The number of anilines is 1. The fraction of sp³-hybridized carbons (Fsp3) is 0.467. The fourth-order valence-electron chi connectivity index (χ4n) is 2.67. The van der Waals surface area contributed by atoms with Gasteiger partial charge in [0.1, 0.15) is 10.8 Å². The van der Waals surface area contributed by atoms with Gasteiger partial charge in [-0.1, -0.05) is 12.7 Å². The molecule has 0 aromatic carbocycles. The first kappa shape index (κ1) is 14.2. The molecule has 2 rings (SSSR count). The number of thiophene rings is 1. The number of fused-ring (bicyclic) bond motifs is 1. The summed E-state index contributed by atoms with van der Waals surface area (Å²) in [6.45, 7) is 13.5. The number of nitrogens with zero attached hydrogens (tertiary/aromatic N) is 2. The van der Waals surface area contributed by atoms with Crippen LogP contribution < -0.4 is 10.6 Å². The molecule has 2 N–H and O–H groups in total. The smallest absolute Gasteiger partial charge is 0.106 e. The normalized spacial score (nSPS) is 17.6. The molecule has 1 aromatic rings. The van der Waals surface area contributed by atoms with Crippen LogP contribution in [0.15, 0.2) is 18.5 Å². The molecule has 1 aliphatic rings. The lowest BCUT2D eigenvalue weighted by Gasteiger charge is -2.42. The molecule has 2 heterocycles. The topological polar surface area (TPSA) is 32.5 Å². The average molecular weight is 277 g/mol. The van der Waals surface area contributed by atoms with Crippen LogP contribution in [0.25, 0.3) is 5.70 Å². The van der Waals surface area contributed by atoms with Crippen molar-refractivity contribution in [2.45, 2.75) is 40.3 Å². The van der Waals surface area contributed by atoms with E-state index in [-0.39, 0.29) is 0 Å². The van der Waals surface area contributed by atoms with Crippen LogP contribution in [0.5, 0.6) is 0 Å². The van der Waals surface area contributed by atoms with Gasteiger partial charge >= 0.3 is 0 Å². The Morgan fingerprint density at radius 2 is 2.05 bits per heavy atom. The maximum absolute atomic E-state index is 5.86. The van der Waals surface area contributed by atoms with Gasteiger partial charge in [0, 0.05) is 35.8 Å². The van der Waals surface area contributed by atoms with Gasteiger partial charge in [-0.15, -0.1) is 11.3 Å². The maximum Gasteiger partial charge on any atom is 0.106 e. The lowest BCUT2D eigenvalue weighted by molar-refractivity contribution is 0.391. The van der Waals surface area contributed by atoms with E-state index in [9.17, 15) is 0 Å². The minimum atomic E-state index is 0.384. The standard InChI is InChI=1S/C15H23N3S/c1-7-12-14-10(4)13(8-16)19-15(14)17(6)11(5)18(12)9(2)3/h7,9H,5,8,16H2,1-4,6H3/b12-7-. The van der Waals surface area contributed by atoms with Crippen molar-refractivity contribution < 1.29 is 0 Å². The minimum absolute atomic E-state index is 0.384. The van der Waals surface area contributed by atoms with Crippen molar-refractivity contribution >= 4 is 22.0 Å². The first-order valence-corrected chi connectivity index (χ1v) is 7.46. The summed E-state index contributed by atoms with van der Waals surface area (Å²) in [5.41, 5.74) is 9.73. The number of rotatable bonds is 2. The molecular formula is C15H23N3S. The van der Waals surface area contributed by atoms with E-state index in [0.717, 1.165) is 5.82 Å². The van der Waals surface area contributed by atoms with Crippen molar-refractivity contribution in [3.8, 4) is 0 Å². The zero-order chi connectivity index (χ0) is 14.3. The Bertz CT molecular complexity index is 540. The molecule has 0 aliphatic carbocycles. The second-order valence-corrected chi connectivity index (χ2v) is 6.23. The third kappa shape index (κ3) is 1.99. The SMILES string of the molecule is C=C1N(C)c2sc(CN)c(C)c2/C(=C/C)N1C(C)C. The molecule has 4 heteroatoms. The predicted molar refractivity (Wildman–Crippen MR) is 85.1 cm³/mol. The Hall–Kier alpha value is -1.26. The highest BCUT2D eigenvalue weighted by atomic mass is 32.1. The molecule has 1 aliphatic heterocycles. The minimum Gasteiger partial charge on any atom is -0.326 e. The molecular weight excluding hydrogens is 254 g/mol. The molecule has 19 heavy (non-hydrogen) atoms. The summed E-state index contributed by atoms with van der Waals surface area (Å²) < 4.78 is 0. The van der Waals surface area contributed by atoms with Gasteiger partial charge in [-0.3, -0.25) is 0 Å². The van der Waals surface area contributed by atoms with Crippen LogP contribution in [0, 0.1) is 6.92 Å². The third-order valence-electron chi connectivity index (χ3n) is 3.69. The summed E-state index contributed by atoms with van der Waals surface area (Å²) in [5, 5.41) is 1.26. The van der Waals surface area contributed by atoms with Gasteiger partial charge in [-0.25, -0.2) is 0 Å². The Morgan fingerprint density at radius 3 is 2.53 bits per heavy atom. The summed E-state index contributed by atoms with van der Waals surface area (Å²) in [7, 11) is 2.08. The molecule has 1 aromatic heterocycles. The summed E-state index contributed by atoms with van der Waals surface area (Å²) in [4.78, 5) is 5.73. The number of allylic oxidation sites excluding steroid dienone is 1. The van der Waals surface area contributed by atoms with Crippen molar-refractivity contribution in [3.63, 3.8) is 0 Å². The van der Waals surface area contributed by atoms with Crippen molar-refractivity contribution in [2.75, 3.05) is 11.9 Å². The molecule has 104 valence electrons. The Kier molecular flexibility index (Phi) is 3.74. The molecule has 0 spiro atoms. The van der Waals surface area contributed by atoms with Gasteiger partial charge in [0.25, 0.3) is 0 Å². The molecule has 0 atom stereocenters. The van der Waals surface area contributed by atoms with E-state index in [0.29, 0.717) is 12.6 Å². The lowest BCUT2D eigenvalue weighted by atomic mass is 10.0. The fourth-order valence-corrected chi connectivity index (χ4v) is 3.85. The average Bonchev–Trinajstić information content (AvgIpc) is 2.70. The van der Waals surface area contributed by atoms with Crippen molar-refractivity contribution in [1.82, 2.24) is 4.90 Å². The van der Waals surface area contributed by atoms with Gasteiger partial charge in [0.05, 0.1) is 0 Å². The number of nitrogens with two attached hydrogens (primary N) is 1. The van der Waals surface area contributed by atoms with Gasteiger partial charge in [0.15, 0.2) is 0 Å². The summed E-state index contributed by atoms with van der Waals surface area (Å²) >= 11 is 1.78. The van der Waals surface area contributed by atoms with Crippen LogP contribution in [-0.4, -0.2) is 18.0 Å². The third-order valence-corrected chi connectivity index (χ3v) is 5.08. The van der Waals surface area contributed by atoms with Crippen LogP contribution in [0.1, 0.15) is 36.8 Å². The van der Waals surface area contributed by atoms with E-state index in [1.807, 2.05) is 0 Å². The highest BCUT2D eigenvalue weighted by molar-refractivity contribution is 7.16. The lowest BCUT2D eigenvalue weighted by Crippen LogP contribution is -2.39. The van der Waals surface area contributed by atoms with Crippen molar-refractivity contribution in [2.24, 2.45) is 5.73 Å². The molecule has 0 saturated carbocycles. The largest absolute Gasteiger partial charge is 0.326 e. The molecule has 0 amide bonds. The zero-order valence-electron chi connectivity index (χ0n) is 12.4. The summed E-state index contributed by atoms with van der Waals surface area (Å²) in [5.74, 6) is 1.03. The first-order valence-electron chi connectivity index (χ1n) is 6.64. The Morgan fingerprint density at radius 1 is 1.42 bits per heavy atom. The quantitative estimate of drug-likeness (QED) is 0.898. The van der Waals surface area contributed by atoms with Gasteiger partial charge in [-0.05, 0) is 33.3 Å². The highest BCUT2D eigenvalue weighted by Crippen LogP contribution is 2.47. The van der Waals surface area contributed by atoms with E-state index >= 15 is 0 Å². The second-order valence-electron chi connectivity index (χ2n) is 5.15. The summed E-state index contributed by atoms with van der Waals surface area (Å²) in [6.07, 6.45) is 2.18. The van der Waals surface area contributed by atoms with E-state index in [2.05, 4.69) is 57.2 Å². The van der Waals surface area contributed by atoms with Gasteiger partial charge in [0.2, 0.25) is 0 Å². The van der Waals surface area contributed by atoms with E-state index in [1.54, 1.807) is 11.3 Å². The molecule has 3 nitrogen and oxygen atoms in total. The van der Waals surface area contributed by atoms with E-state index < -0.39 is 0 Å². The monoisotopic (exact) mass is 277 g/mol.